The number of nitrogens with one attached hydrogen (secondary N) is 1. The largest absolute Gasteiger partial charge is 0.466 e. The summed E-state index contributed by atoms with van der Waals surface area (Å²) in [6.45, 7) is 4.92. The summed E-state index contributed by atoms with van der Waals surface area (Å²) < 4.78 is 5.49. The summed E-state index contributed by atoms with van der Waals surface area (Å²) in [4.78, 5) is 24.5. The van der Waals surface area contributed by atoms with Crippen molar-refractivity contribution >= 4 is 11.9 Å². The molecule has 0 rings (SSSR count). The number of amides is 1. The summed E-state index contributed by atoms with van der Waals surface area (Å²) in [6, 6.07) is -0.538. The molecule has 0 aromatic carbocycles. The second kappa shape index (κ2) is 66.3. The number of hydrogen-bond acceptors (Lipinski definition) is 5. The molecule has 0 saturated heterocycles. The first-order valence-electron chi connectivity index (χ1n) is 34.4. The fraction of sp³-hybridized carbons (Fsp3) is 0.859. The number of allylic oxidation sites excluding steroid dienone is 8. The monoisotopic (exact) mass is 1080 g/mol. The van der Waals surface area contributed by atoms with Crippen LogP contribution in [0, 0.1) is 0 Å². The van der Waals surface area contributed by atoms with Gasteiger partial charge in [-0.15, -0.1) is 0 Å². The van der Waals surface area contributed by atoms with E-state index in [2.05, 4.69) is 67.8 Å². The summed E-state index contributed by atoms with van der Waals surface area (Å²) in [6.07, 6.45) is 86.0. The third-order valence-electron chi connectivity index (χ3n) is 15.9. The number of aliphatic hydroxyl groups is 2. The molecule has 2 atom stereocenters. The van der Waals surface area contributed by atoms with Gasteiger partial charge in [0.05, 0.1) is 25.4 Å². The SMILES string of the molecule is CCCCCC/C=C\C/C=C\CCCCCCCC(=O)OCCCCCCCCCCCCC/C=C\C/C=C\CCCCCCCCCCCCCCCCCCCC(=O)NC(CO)C(O)CCCCCCCCCCC. The Bertz CT molecular complexity index is 1290. The molecule has 0 saturated carbocycles. The number of ether oxygens (including phenoxy) is 1. The van der Waals surface area contributed by atoms with Crippen LogP contribution in [0.5, 0.6) is 0 Å². The Kier molecular flexibility index (Phi) is 64.5. The number of aliphatic hydroxyl groups excluding tert-OH is 2. The van der Waals surface area contributed by atoms with Crippen LogP contribution in [-0.4, -0.2) is 47.4 Å². The van der Waals surface area contributed by atoms with E-state index in [0.717, 1.165) is 57.8 Å². The summed E-state index contributed by atoms with van der Waals surface area (Å²) in [5, 5.41) is 23.1. The van der Waals surface area contributed by atoms with Crippen molar-refractivity contribution in [2.45, 2.75) is 379 Å². The van der Waals surface area contributed by atoms with Crippen molar-refractivity contribution in [2.75, 3.05) is 13.2 Å². The van der Waals surface area contributed by atoms with Gasteiger partial charge >= 0.3 is 5.97 Å². The fourth-order valence-electron chi connectivity index (χ4n) is 10.6. The Balaban J connectivity index is 3.35. The Labute approximate surface area is 480 Å². The third kappa shape index (κ3) is 62.9. The van der Waals surface area contributed by atoms with Gasteiger partial charge in [0.1, 0.15) is 0 Å². The maximum atomic E-state index is 12.4. The Morgan fingerprint density at radius 2 is 0.649 bits per heavy atom. The van der Waals surface area contributed by atoms with E-state index in [4.69, 9.17) is 4.74 Å². The predicted molar refractivity (Wildman–Crippen MR) is 338 cm³/mol. The number of rotatable bonds is 64. The fourth-order valence-corrected chi connectivity index (χ4v) is 10.6. The molecule has 0 spiro atoms. The zero-order valence-electron chi connectivity index (χ0n) is 51.7. The molecule has 0 aromatic heterocycles. The molecular weight excluding hydrogens is 947 g/mol. The van der Waals surface area contributed by atoms with Gasteiger partial charge in [-0.1, -0.05) is 313 Å². The van der Waals surface area contributed by atoms with Gasteiger partial charge in [0.25, 0.3) is 0 Å². The molecule has 0 aliphatic heterocycles. The van der Waals surface area contributed by atoms with E-state index in [-0.39, 0.29) is 18.5 Å². The second-order valence-corrected chi connectivity index (χ2v) is 23.5. The van der Waals surface area contributed by atoms with Gasteiger partial charge in [0.2, 0.25) is 5.91 Å². The van der Waals surface area contributed by atoms with Crippen molar-refractivity contribution in [1.82, 2.24) is 5.32 Å². The van der Waals surface area contributed by atoms with Crippen LogP contribution in [0.1, 0.15) is 367 Å². The minimum atomic E-state index is -0.660. The molecule has 0 bridgehead atoms. The van der Waals surface area contributed by atoms with Crippen LogP contribution in [0.15, 0.2) is 48.6 Å². The van der Waals surface area contributed by atoms with Gasteiger partial charge < -0.3 is 20.3 Å². The zero-order chi connectivity index (χ0) is 55.7. The standard InChI is InChI=1S/C71H133NO5/c1-3-5-7-9-11-13-14-15-16-39-42-45-49-53-57-61-65-71(76)77-66-62-58-54-50-46-43-40-37-35-33-31-29-27-25-23-21-19-17-18-20-22-24-26-28-30-32-34-36-38-41-44-48-52-56-60-64-70(75)72-68(67-73)69(74)63-59-55-51-47-12-10-8-6-4-2/h13-14,16,19,21,25,27,39,68-69,73-74H,3-12,15,17-18,20,22-24,26,28-38,40-67H2,1-2H3,(H,72,75)/b14-13-,21-19-,27-25-,39-16-. The molecule has 1 amide bonds. The number of hydrogen-bond donors (Lipinski definition) is 3. The van der Waals surface area contributed by atoms with E-state index in [9.17, 15) is 19.8 Å². The van der Waals surface area contributed by atoms with Gasteiger partial charge in [0, 0.05) is 12.8 Å². The average molecular weight is 1080 g/mol. The molecule has 0 aromatic rings. The summed E-state index contributed by atoms with van der Waals surface area (Å²) in [5.41, 5.74) is 0. The lowest BCUT2D eigenvalue weighted by Gasteiger charge is -2.22. The maximum absolute atomic E-state index is 12.4. The van der Waals surface area contributed by atoms with Crippen LogP contribution in [-0.2, 0) is 14.3 Å². The molecule has 77 heavy (non-hydrogen) atoms. The molecule has 6 heteroatoms. The first-order valence-corrected chi connectivity index (χ1v) is 34.4. The molecule has 2 unspecified atom stereocenters. The Morgan fingerprint density at radius 3 is 1.00 bits per heavy atom. The zero-order valence-corrected chi connectivity index (χ0v) is 51.7. The minimum absolute atomic E-state index is 0.00316. The van der Waals surface area contributed by atoms with E-state index in [1.807, 2.05) is 0 Å². The number of esters is 1. The lowest BCUT2D eigenvalue weighted by atomic mass is 10.0. The van der Waals surface area contributed by atoms with Gasteiger partial charge in [-0.2, -0.15) is 0 Å². The molecule has 6 nitrogen and oxygen atoms in total. The van der Waals surface area contributed by atoms with Gasteiger partial charge in [-0.05, 0) is 89.9 Å². The van der Waals surface area contributed by atoms with Crippen LogP contribution in [0.25, 0.3) is 0 Å². The predicted octanol–water partition coefficient (Wildman–Crippen LogP) is 22.1. The third-order valence-corrected chi connectivity index (χ3v) is 15.9. The topological polar surface area (TPSA) is 95.9 Å². The molecule has 0 heterocycles. The molecule has 0 aliphatic rings. The molecule has 0 radical (unpaired) electrons. The average Bonchev–Trinajstić information content (AvgIpc) is 3.43. The van der Waals surface area contributed by atoms with Gasteiger partial charge in [-0.25, -0.2) is 0 Å². The number of unbranched alkanes of at least 4 members (excludes halogenated alkanes) is 45. The van der Waals surface area contributed by atoms with Crippen LogP contribution in [0.2, 0.25) is 0 Å². The van der Waals surface area contributed by atoms with Crippen LogP contribution < -0.4 is 5.32 Å². The van der Waals surface area contributed by atoms with Crippen molar-refractivity contribution in [3.05, 3.63) is 48.6 Å². The molecule has 0 aliphatic carbocycles. The highest BCUT2D eigenvalue weighted by molar-refractivity contribution is 5.76. The Morgan fingerprint density at radius 1 is 0.364 bits per heavy atom. The Hall–Kier alpha value is -2.18. The van der Waals surface area contributed by atoms with Crippen LogP contribution in [0.3, 0.4) is 0 Å². The highest BCUT2D eigenvalue weighted by atomic mass is 16.5. The van der Waals surface area contributed by atoms with Crippen molar-refractivity contribution in [1.29, 1.82) is 0 Å². The van der Waals surface area contributed by atoms with Crippen molar-refractivity contribution in [3.63, 3.8) is 0 Å². The first kappa shape index (κ1) is 74.8. The normalized spacial score (nSPS) is 12.8. The minimum Gasteiger partial charge on any atom is -0.466 e. The summed E-state index contributed by atoms with van der Waals surface area (Å²) in [5.74, 6) is -0.0310. The number of carbonyl (C=O) groups is 2. The lowest BCUT2D eigenvalue weighted by Crippen LogP contribution is -2.45. The smallest absolute Gasteiger partial charge is 0.305 e. The van der Waals surface area contributed by atoms with E-state index in [1.54, 1.807) is 0 Å². The van der Waals surface area contributed by atoms with Gasteiger partial charge in [-0.3, -0.25) is 9.59 Å². The second-order valence-electron chi connectivity index (χ2n) is 23.5. The van der Waals surface area contributed by atoms with E-state index in [1.165, 1.54) is 276 Å². The van der Waals surface area contributed by atoms with E-state index < -0.39 is 12.1 Å². The van der Waals surface area contributed by atoms with Gasteiger partial charge in [0.15, 0.2) is 0 Å². The van der Waals surface area contributed by atoms with Crippen molar-refractivity contribution in [3.8, 4) is 0 Å². The quantitative estimate of drug-likeness (QED) is 0.0320. The first-order chi connectivity index (χ1) is 38.0. The van der Waals surface area contributed by atoms with Crippen molar-refractivity contribution < 1.29 is 24.5 Å². The summed E-state index contributed by atoms with van der Waals surface area (Å²) >= 11 is 0. The maximum Gasteiger partial charge on any atom is 0.305 e. The lowest BCUT2D eigenvalue weighted by molar-refractivity contribution is -0.143. The van der Waals surface area contributed by atoms with Crippen LogP contribution >= 0.6 is 0 Å². The van der Waals surface area contributed by atoms with E-state index >= 15 is 0 Å². The van der Waals surface area contributed by atoms with E-state index in [0.29, 0.717) is 25.9 Å². The van der Waals surface area contributed by atoms with Crippen molar-refractivity contribution in [2.24, 2.45) is 0 Å². The molecule has 3 N–H and O–H groups in total. The molecule has 452 valence electrons. The number of carbonyl (C=O) groups excluding carboxylic acids is 2. The summed E-state index contributed by atoms with van der Waals surface area (Å²) in [7, 11) is 0. The molecular formula is C71H133NO5. The molecule has 0 fully saturated rings. The highest BCUT2D eigenvalue weighted by Gasteiger charge is 2.20. The highest BCUT2D eigenvalue weighted by Crippen LogP contribution is 2.18. The van der Waals surface area contributed by atoms with Crippen LogP contribution in [0.4, 0.5) is 0 Å².